The van der Waals surface area contributed by atoms with Crippen LogP contribution < -0.4 is 5.32 Å². The largest absolute Gasteiger partial charge is 0.512 e. The molecule has 0 bridgehead atoms. The van der Waals surface area contributed by atoms with Gasteiger partial charge in [-0.3, -0.25) is 0 Å². The van der Waals surface area contributed by atoms with Crippen LogP contribution >= 0.6 is 11.3 Å². The fourth-order valence-corrected chi connectivity index (χ4v) is 3.75. The van der Waals surface area contributed by atoms with Crippen LogP contribution in [0.3, 0.4) is 0 Å². The lowest BCUT2D eigenvalue weighted by Crippen LogP contribution is -2.24. The maximum atomic E-state index is 9.82. The number of aliphatic hydroxyl groups is 1. The first kappa shape index (κ1) is 15.7. The number of allylic oxidation sites excluding steroid dienone is 4. The Balaban J connectivity index is 1.52. The summed E-state index contributed by atoms with van der Waals surface area (Å²) in [5.74, 6) is 0.799. The van der Waals surface area contributed by atoms with E-state index < -0.39 is 0 Å². The van der Waals surface area contributed by atoms with Crippen molar-refractivity contribution in [3.05, 3.63) is 65.2 Å². The molecule has 2 aromatic heterocycles. The number of hydrogen-bond donors (Lipinski definition) is 2. The number of aromatic nitrogens is 4. The van der Waals surface area contributed by atoms with Gasteiger partial charge in [0.25, 0.3) is 0 Å². The SMILES string of the molecule is CC1(c2cnnc(NCc3nc4ccccc4s3)n2)C=CC=C(O)C1. The van der Waals surface area contributed by atoms with Crippen LogP contribution in [-0.2, 0) is 12.0 Å². The first-order valence-corrected chi connectivity index (χ1v) is 8.80. The summed E-state index contributed by atoms with van der Waals surface area (Å²) in [6, 6.07) is 8.06. The van der Waals surface area contributed by atoms with Gasteiger partial charge in [0.05, 0.1) is 34.4 Å². The molecule has 2 heterocycles. The van der Waals surface area contributed by atoms with Crippen LogP contribution in [-0.4, -0.2) is 25.3 Å². The van der Waals surface area contributed by atoms with Crippen molar-refractivity contribution in [2.24, 2.45) is 0 Å². The number of aliphatic hydroxyl groups excluding tert-OH is 1. The molecule has 3 aromatic rings. The molecule has 126 valence electrons. The van der Waals surface area contributed by atoms with E-state index in [1.54, 1.807) is 23.6 Å². The van der Waals surface area contributed by atoms with Gasteiger partial charge in [-0.05, 0) is 25.1 Å². The number of para-hydroxylation sites is 1. The van der Waals surface area contributed by atoms with Gasteiger partial charge in [0, 0.05) is 11.8 Å². The monoisotopic (exact) mass is 351 g/mol. The second kappa shape index (κ2) is 6.25. The zero-order chi connectivity index (χ0) is 17.3. The molecule has 0 radical (unpaired) electrons. The molecule has 1 atom stereocenters. The van der Waals surface area contributed by atoms with Crippen molar-refractivity contribution in [1.29, 1.82) is 0 Å². The van der Waals surface area contributed by atoms with Gasteiger partial charge in [-0.15, -0.1) is 16.4 Å². The van der Waals surface area contributed by atoms with Gasteiger partial charge in [-0.25, -0.2) is 9.97 Å². The van der Waals surface area contributed by atoms with Crippen molar-refractivity contribution in [3.8, 4) is 0 Å². The zero-order valence-corrected chi connectivity index (χ0v) is 14.5. The van der Waals surface area contributed by atoms with Crippen LogP contribution in [0.5, 0.6) is 0 Å². The summed E-state index contributed by atoms with van der Waals surface area (Å²) in [6.45, 7) is 2.57. The van der Waals surface area contributed by atoms with Crippen LogP contribution in [0.2, 0.25) is 0 Å². The fourth-order valence-electron chi connectivity index (χ4n) is 2.85. The van der Waals surface area contributed by atoms with Crippen molar-refractivity contribution >= 4 is 27.5 Å². The van der Waals surface area contributed by atoms with Crippen molar-refractivity contribution in [3.63, 3.8) is 0 Å². The van der Waals surface area contributed by atoms with E-state index in [4.69, 9.17) is 0 Å². The molecule has 1 aliphatic rings. The molecule has 1 aliphatic carbocycles. The van der Waals surface area contributed by atoms with E-state index in [9.17, 15) is 5.11 Å². The fraction of sp³-hybridized carbons (Fsp3) is 0.222. The first-order chi connectivity index (χ1) is 12.1. The summed E-state index contributed by atoms with van der Waals surface area (Å²) < 4.78 is 1.16. The highest BCUT2D eigenvalue weighted by Gasteiger charge is 2.29. The van der Waals surface area contributed by atoms with E-state index in [2.05, 4.69) is 31.5 Å². The van der Waals surface area contributed by atoms with E-state index in [1.807, 2.05) is 37.3 Å². The summed E-state index contributed by atoms with van der Waals surface area (Å²) >= 11 is 1.65. The predicted molar refractivity (Wildman–Crippen MR) is 98.6 cm³/mol. The molecule has 4 rings (SSSR count). The lowest BCUT2D eigenvalue weighted by molar-refractivity contribution is 0.350. The predicted octanol–water partition coefficient (Wildman–Crippen LogP) is 3.75. The van der Waals surface area contributed by atoms with Crippen molar-refractivity contribution in [2.45, 2.75) is 25.3 Å². The van der Waals surface area contributed by atoms with Gasteiger partial charge in [-0.2, -0.15) is 5.10 Å². The topological polar surface area (TPSA) is 83.8 Å². The highest BCUT2D eigenvalue weighted by molar-refractivity contribution is 7.18. The van der Waals surface area contributed by atoms with Crippen LogP contribution in [0.25, 0.3) is 10.2 Å². The molecule has 0 amide bonds. The molecule has 1 aromatic carbocycles. The van der Waals surface area contributed by atoms with Gasteiger partial charge in [-0.1, -0.05) is 24.3 Å². The second-order valence-corrected chi connectivity index (χ2v) is 7.32. The smallest absolute Gasteiger partial charge is 0.243 e. The van der Waals surface area contributed by atoms with E-state index in [0.29, 0.717) is 24.7 Å². The van der Waals surface area contributed by atoms with E-state index in [-0.39, 0.29) is 5.41 Å². The standard InChI is InChI=1S/C18H17N5OS/c1-18(8-4-5-12(24)9-18)15-10-20-23-17(22-15)19-11-16-21-13-6-2-3-7-14(13)25-16/h2-8,10,24H,9,11H2,1H3,(H,19,22,23). The summed E-state index contributed by atoms with van der Waals surface area (Å²) in [4.78, 5) is 9.17. The first-order valence-electron chi connectivity index (χ1n) is 7.98. The number of anilines is 1. The molecular formula is C18H17N5OS. The molecule has 0 aliphatic heterocycles. The quantitative estimate of drug-likeness (QED) is 0.745. The van der Waals surface area contributed by atoms with Crippen molar-refractivity contribution in [1.82, 2.24) is 20.2 Å². The minimum Gasteiger partial charge on any atom is -0.512 e. The van der Waals surface area contributed by atoms with Gasteiger partial charge >= 0.3 is 0 Å². The Morgan fingerprint density at radius 3 is 3.00 bits per heavy atom. The number of nitrogens with zero attached hydrogens (tertiary/aromatic N) is 4. The Morgan fingerprint density at radius 1 is 1.28 bits per heavy atom. The lowest BCUT2D eigenvalue weighted by atomic mass is 9.80. The van der Waals surface area contributed by atoms with Crippen LogP contribution in [0.15, 0.2) is 54.4 Å². The van der Waals surface area contributed by atoms with Crippen molar-refractivity contribution < 1.29 is 5.11 Å². The third-order valence-corrected chi connectivity index (χ3v) is 5.22. The summed E-state index contributed by atoms with van der Waals surface area (Å²) in [5, 5.41) is 22.1. The van der Waals surface area contributed by atoms with E-state index >= 15 is 0 Å². The van der Waals surface area contributed by atoms with Crippen molar-refractivity contribution in [2.75, 3.05) is 5.32 Å². The van der Waals surface area contributed by atoms with Gasteiger partial charge in [0.2, 0.25) is 5.95 Å². The van der Waals surface area contributed by atoms with Crippen LogP contribution in [0, 0.1) is 0 Å². The normalized spacial score (nSPS) is 19.8. The number of nitrogens with one attached hydrogen (secondary N) is 1. The van der Waals surface area contributed by atoms with Gasteiger partial charge in [0.15, 0.2) is 0 Å². The number of benzene rings is 1. The average Bonchev–Trinajstić information content (AvgIpc) is 3.03. The Hall–Kier alpha value is -2.80. The Bertz CT molecular complexity index is 947. The molecule has 1 unspecified atom stereocenters. The highest BCUT2D eigenvalue weighted by atomic mass is 32.1. The Kier molecular flexibility index (Phi) is 3.93. The maximum absolute atomic E-state index is 9.82. The molecule has 0 saturated heterocycles. The van der Waals surface area contributed by atoms with Crippen LogP contribution in [0.1, 0.15) is 24.0 Å². The molecule has 0 fully saturated rings. The minimum absolute atomic E-state index is 0.340. The molecule has 25 heavy (non-hydrogen) atoms. The summed E-state index contributed by atoms with van der Waals surface area (Å²) in [6.07, 6.45) is 7.71. The number of thiazole rings is 1. The number of rotatable bonds is 4. The summed E-state index contributed by atoms with van der Waals surface area (Å²) in [5.41, 5.74) is 1.38. The number of hydrogen-bond acceptors (Lipinski definition) is 7. The van der Waals surface area contributed by atoms with E-state index in [0.717, 1.165) is 20.9 Å². The molecular weight excluding hydrogens is 334 g/mol. The molecule has 6 nitrogen and oxygen atoms in total. The summed E-state index contributed by atoms with van der Waals surface area (Å²) in [7, 11) is 0. The minimum atomic E-state index is -0.388. The third-order valence-electron chi connectivity index (χ3n) is 4.18. The zero-order valence-electron chi connectivity index (χ0n) is 13.7. The second-order valence-electron chi connectivity index (χ2n) is 6.21. The molecule has 2 N–H and O–H groups in total. The third kappa shape index (κ3) is 3.23. The van der Waals surface area contributed by atoms with Gasteiger partial charge < -0.3 is 10.4 Å². The highest BCUT2D eigenvalue weighted by Crippen LogP contribution is 2.33. The maximum Gasteiger partial charge on any atom is 0.243 e. The number of fused-ring (bicyclic) bond motifs is 1. The molecule has 0 saturated carbocycles. The lowest BCUT2D eigenvalue weighted by Gasteiger charge is -2.26. The Morgan fingerprint density at radius 2 is 2.16 bits per heavy atom. The molecule has 0 spiro atoms. The Labute approximate surface area is 149 Å². The average molecular weight is 351 g/mol. The van der Waals surface area contributed by atoms with Gasteiger partial charge in [0.1, 0.15) is 5.01 Å². The van der Waals surface area contributed by atoms with E-state index in [1.165, 1.54) is 0 Å². The van der Waals surface area contributed by atoms with Crippen LogP contribution in [0.4, 0.5) is 5.95 Å². The molecule has 7 heteroatoms.